The first-order valence-corrected chi connectivity index (χ1v) is 8.47. The molecular formula is C20H25N3O2. The molecule has 0 aliphatic carbocycles. The van der Waals surface area contributed by atoms with E-state index in [1.165, 1.54) is 12.6 Å². The van der Waals surface area contributed by atoms with Crippen molar-refractivity contribution in [1.82, 2.24) is 16.0 Å². The number of aryl methyl sites for hydroxylation is 1. The van der Waals surface area contributed by atoms with Crippen molar-refractivity contribution in [2.75, 3.05) is 7.05 Å². The Morgan fingerprint density at radius 1 is 0.960 bits per heavy atom. The summed E-state index contributed by atoms with van der Waals surface area (Å²) < 4.78 is 0. The monoisotopic (exact) mass is 339 g/mol. The molecule has 0 aliphatic heterocycles. The van der Waals surface area contributed by atoms with E-state index < -0.39 is 12.1 Å². The van der Waals surface area contributed by atoms with Crippen molar-refractivity contribution in [3.8, 4) is 0 Å². The van der Waals surface area contributed by atoms with Crippen LogP contribution in [0.2, 0.25) is 0 Å². The lowest BCUT2D eigenvalue weighted by molar-refractivity contribution is -0.121. The molecule has 0 bridgehead atoms. The number of amides is 3. The number of benzene rings is 2. The van der Waals surface area contributed by atoms with Crippen molar-refractivity contribution in [1.29, 1.82) is 0 Å². The SMILES string of the molecule is CNC(=O)NC(=O)[C@H](C)N[C@@H](CCc1ccccc1)c1ccccc1. The summed E-state index contributed by atoms with van der Waals surface area (Å²) in [5, 5.41) is 8.03. The van der Waals surface area contributed by atoms with Gasteiger partial charge in [0.1, 0.15) is 0 Å². The van der Waals surface area contributed by atoms with Gasteiger partial charge in [-0.2, -0.15) is 0 Å². The van der Waals surface area contributed by atoms with E-state index in [0.29, 0.717) is 0 Å². The summed E-state index contributed by atoms with van der Waals surface area (Å²) in [5.41, 5.74) is 2.38. The number of carbonyl (C=O) groups excluding carboxylic acids is 2. The molecule has 0 heterocycles. The lowest BCUT2D eigenvalue weighted by Crippen LogP contribution is -2.48. The van der Waals surface area contributed by atoms with Crippen LogP contribution in [0, 0.1) is 0 Å². The molecular weight excluding hydrogens is 314 g/mol. The van der Waals surface area contributed by atoms with Gasteiger partial charge in [0.15, 0.2) is 0 Å². The van der Waals surface area contributed by atoms with Crippen LogP contribution in [0.4, 0.5) is 4.79 Å². The minimum Gasteiger partial charge on any atom is -0.341 e. The molecule has 3 N–H and O–H groups in total. The van der Waals surface area contributed by atoms with Gasteiger partial charge in [-0.15, -0.1) is 0 Å². The maximum Gasteiger partial charge on any atom is 0.321 e. The predicted molar refractivity (Wildman–Crippen MR) is 99.1 cm³/mol. The minimum absolute atomic E-state index is 0.0202. The fourth-order valence-electron chi connectivity index (χ4n) is 2.65. The molecule has 2 aromatic rings. The third-order valence-electron chi connectivity index (χ3n) is 4.07. The summed E-state index contributed by atoms with van der Waals surface area (Å²) >= 11 is 0. The van der Waals surface area contributed by atoms with Crippen molar-refractivity contribution in [3.63, 3.8) is 0 Å². The molecule has 2 aromatic carbocycles. The Kier molecular flexibility index (Phi) is 7.16. The lowest BCUT2D eigenvalue weighted by atomic mass is 9.98. The predicted octanol–water partition coefficient (Wildman–Crippen LogP) is 2.79. The lowest BCUT2D eigenvalue weighted by Gasteiger charge is -2.23. The molecule has 0 unspecified atom stereocenters. The minimum atomic E-state index is -0.501. The second kappa shape index (κ2) is 9.59. The number of urea groups is 1. The van der Waals surface area contributed by atoms with Crippen LogP contribution in [-0.4, -0.2) is 25.0 Å². The number of hydrogen-bond acceptors (Lipinski definition) is 3. The van der Waals surface area contributed by atoms with Crippen LogP contribution in [0.25, 0.3) is 0 Å². The second-order valence-corrected chi connectivity index (χ2v) is 5.94. The number of hydrogen-bond donors (Lipinski definition) is 3. The molecule has 0 fully saturated rings. The van der Waals surface area contributed by atoms with Gasteiger partial charge in [-0.3, -0.25) is 15.4 Å². The summed E-state index contributed by atoms with van der Waals surface area (Å²) in [6, 6.07) is 19.3. The third kappa shape index (κ3) is 6.04. The van der Waals surface area contributed by atoms with Crippen LogP contribution >= 0.6 is 0 Å². The van der Waals surface area contributed by atoms with Crippen molar-refractivity contribution in [2.45, 2.75) is 31.8 Å². The summed E-state index contributed by atoms with van der Waals surface area (Å²) in [4.78, 5) is 23.4. The van der Waals surface area contributed by atoms with Crippen LogP contribution in [0.15, 0.2) is 60.7 Å². The molecule has 2 rings (SSSR count). The Labute approximate surface area is 148 Å². The van der Waals surface area contributed by atoms with Gasteiger partial charge in [-0.1, -0.05) is 60.7 Å². The molecule has 25 heavy (non-hydrogen) atoms. The van der Waals surface area contributed by atoms with Crippen molar-refractivity contribution in [3.05, 3.63) is 71.8 Å². The standard InChI is InChI=1S/C20H25N3O2/c1-15(19(24)23-20(25)21-2)22-18(17-11-7-4-8-12-17)14-13-16-9-5-3-6-10-16/h3-12,15,18,22H,13-14H2,1-2H3,(H2,21,23,24,25)/t15-,18-/m0/s1. The summed E-state index contributed by atoms with van der Waals surface area (Å²) in [5.74, 6) is -0.347. The van der Waals surface area contributed by atoms with Gasteiger partial charge in [-0.05, 0) is 30.9 Å². The fourth-order valence-corrected chi connectivity index (χ4v) is 2.65. The molecule has 0 saturated carbocycles. The first kappa shape index (κ1) is 18.7. The van der Waals surface area contributed by atoms with E-state index in [2.05, 4.69) is 28.1 Å². The zero-order valence-electron chi connectivity index (χ0n) is 14.7. The Bertz CT molecular complexity index is 674. The zero-order valence-corrected chi connectivity index (χ0v) is 14.7. The molecule has 5 nitrogen and oxygen atoms in total. The highest BCUT2D eigenvalue weighted by Gasteiger charge is 2.20. The highest BCUT2D eigenvalue weighted by Crippen LogP contribution is 2.20. The third-order valence-corrected chi connectivity index (χ3v) is 4.07. The molecule has 0 aliphatic rings. The van der Waals surface area contributed by atoms with Crippen LogP contribution < -0.4 is 16.0 Å². The average molecular weight is 339 g/mol. The van der Waals surface area contributed by atoms with Gasteiger partial charge in [0.2, 0.25) is 5.91 Å². The highest BCUT2D eigenvalue weighted by atomic mass is 16.2. The van der Waals surface area contributed by atoms with Crippen molar-refractivity contribution in [2.24, 2.45) is 0 Å². The van der Waals surface area contributed by atoms with E-state index in [1.54, 1.807) is 6.92 Å². The molecule has 5 heteroatoms. The Hall–Kier alpha value is -2.66. The van der Waals surface area contributed by atoms with Gasteiger partial charge in [-0.25, -0.2) is 4.79 Å². The van der Waals surface area contributed by atoms with E-state index in [1.807, 2.05) is 48.5 Å². The van der Waals surface area contributed by atoms with Gasteiger partial charge in [0.25, 0.3) is 0 Å². The van der Waals surface area contributed by atoms with E-state index in [4.69, 9.17) is 0 Å². The normalized spacial score (nSPS) is 12.9. The first-order valence-electron chi connectivity index (χ1n) is 8.47. The molecule has 0 aromatic heterocycles. The van der Waals surface area contributed by atoms with Crippen LogP contribution in [0.3, 0.4) is 0 Å². The van der Waals surface area contributed by atoms with E-state index >= 15 is 0 Å². The van der Waals surface area contributed by atoms with Crippen LogP contribution in [0.1, 0.15) is 30.5 Å². The van der Waals surface area contributed by atoms with Gasteiger partial charge in [0, 0.05) is 13.1 Å². The summed E-state index contributed by atoms with van der Waals surface area (Å²) in [6.45, 7) is 1.76. The summed E-state index contributed by atoms with van der Waals surface area (Å²) in [6.07, 6.45) is 1.75. The zero-order chi connectivity index (χ0) is 18.1. The number of carbonyl (C=O) groups is 2. The fraction of sp³-hybridized carbons (Fsp3) is 0.300. The topological polar surface area (TPSA) is 70.2 Å². The van der Waals surface area contributed by atoms with Crippen LogP contribution in [0.5, 0.6) is 0 Å². The number of imide groups is 1. The van der Waals surface area contributed by atoms with E-state index in [-0.39, 0.29) is 11.9 Å². The Balaban J connectivity index is 2.04. The highest BCUT2D eigenvalue weighted by molar-refractivity contribution is 5.96. The molecule has 3 amide bonds. The van der Waals surface area contributed by atoms with E-state index in [0.717, 1.165) is 18.4 Å². The Morgan fingerprint density at radius 3 is 2.16 bits per heavy atom. The van der Waals surface area contributed by atoms with E-state index in [9.17, 15) is 9.59 Å². The largest absolute Gasteiger partial charge is 0.341 e. The quantitative estimate of drug-likeness (QED) is 0.726. The molecule has 0 saturated heterocycles. The first-order chi connectivity index (χ1) is 12.1. The number of nitrogens with one attached hydrogen (secondary N) is 3. The molecule has 0 radical (unpaired) electrons. The second-order valence-electron chi connectivity index (χ2n) is 5.94. The summed E-state index contributed by atoms with van der Waals surface area (Å²) in [7, 11) is 1.48. The average Bonchev–Trinajstić information content (AvgIpc) is 2.66. The van der Waals surface area contributed by atoms with Crippen molar-refractivity contribution < 1.29 is 9.59 Å². The smallest absolute Gasteiger partial charge is 0.321 e. The molecule has 2 atom stereocenters. The van der Waals surface area contributed by atoms with Crippen molar-refractivity contribution >= 4 is 11.9 Å². The maximum atomic E-state index is 12.1. The molecule has 132 valence electrons. The maximum absolute atomic E-state index is 12.1. The molecule has 0 spiro atoms. The van der Waals surface area contributed by atoms with Gasteiger partial charge < -0.3 is 5.32 Å². The van der Waals surface area contributed by atoms with Crippen LogP contribution in [-0.2, 0) is 11.2 Å². The Morgan fingerprint density at radius 2 is 1.56 bits per heavy atom. The van der Waals surface area contributed by atoms with Gasteiger partial charge in [0.05, 0.1) is 6.04 Å². The van der Waals surface area contributed by atoms with Gasteiger partial charge >= 0.3 is 6.03 Å². The number of rotatable bonds is 7.